The summed E-state index contributed by atoms with van der Waals surface area (Å²) in [5.41, 5.74) is 0. The number of Topliss-reactive ketones (excluding diaryl/α,β-unsaturated/α-hetero) is 1. The Morgan fingerprint density at radius 3 is 2.09 bits per heavy atom. The van der Waals surface area contributed by atoms with Gasteiger partial charge in [0.2, 0.25) is 0 Å². The Hall–Kier alpha value is -0.410. The number of nitrogens with zero attached hydrogens (tertiary/aromatic N) is 1. The van der Waals surface area contributed by atoms with Gasteiger partial charge in [0.1, 0.15) is 0 Å². The summed E-state index contributed by atoms with van der Waals surface area (Å²) in [5, 5.41) is 9.22. The van der Waals surface area contributed by atoms with Gasteiger partial charge < -0.3 is 5.11 Å². The molecule has 0 bridgehead atoms. The molecule has 66 valence electrons. The van der Waals surface area contributed by atoms with E-state index in [1.807, 2.05) is 0 Å². The first kappa shape index (κ1) is 10.6. The van der Waals surface area contributed by atoms with Gasteiger partial charge in [0.15, 0.2) is 5.78 Å². The van der Waals surface area contributed by atoms with Crippen molar-refractivity contribution in [1.29, 1.82) is 0 Å². The summed E-state index contributed by atoms with van der Waals surface area (Å²) in [4.78, 5) is 12.9. The maximum Gasteiger partial charge on any atom is 0.152 e. The third-order valence-corrected chi connectivity index (χ3v) is 1.69. The van der Waals surface area contributed by atoms with Crippen LogP contribution in [0.5, 0.6) is 0 Å². The molecule has 0 saturated carbocycles. The van der Waals surface area contributed by atoms with Gasteiger partial charge in [-0.1, -0.05) is 6.92 Å². The van der Waals surface area contributed by atoms with E-state index in [2.05, 4.69) is 0 Å². The molecule has 0 aromatic carbocycles. The lowest BCUT2D eigenvalue weighted by Crippen LogP contribution is -2.43. The number of carbonyl (C=O) groups excluding carboxylic acids is 1. The fraction of sp³-hybridized carbons (Fsp3) is 0.875. The predicted molar refractivity (Wildman–Crippen MR) is 44.5 cm³/mol. The van der Waals surface area contributed by atoms with Crippen LogP contribution in [0.4, 0.5) is 0 Å². The lowest BCUT2D eigenvalue weighted by atomic mass is 10.1. The zero-order valence-electron chi connectivity index (χ0n) is 7.66. The van der Waals surface area contributed by atoms with Crippen molar-refractivity contribution >= 4 is 5.78 Å². The van der Waals surface area contributed by atoms with Crippen LogP contribution in [0.1, 0.15) is 20.3 Å². The standard InChI is InChI=1S/C8H17NO2/c1-5-7(11)8(6(2)10)9(3)4/h6,8,10H,5H2,1-4H3. The maximum atomic E-state index is 11.2. The van der Waals surface area contributed by atoms with Crippen LogP contribution in [0.2, 0.25) is 0 Å². The summed E-state index contributed by atoms with van der Waals surface area (Å²) in [7, 11) is 3.59. The summed E-state index contributed by atoms with van der Waals surface area (Å²) >= 11 is 0. The molecule has 0 aliphatic heterocycles. The highest BCUT2D eigenvalue weighted by molar-refractivity contribution is 5.84. The largest absolute Gasteiger partial charge is 0.391 e. The first-order valence-corrected chi connectivity index (χ1v) is 3.87. The smallest absolute Gasteiger partial charge is 0.152 e. The second kappa shape index (κ2) is 4.46. The fourth-order valence-electron chi connectivity index (χ4n) is 1.20. The van der Waals surface area contributed by atoms with Gasteiger partial charge in [0.05, 0.1) is 12.1 Å². The van der Waals surface area contributed by atoms with Crippen LogP contribution in [0.15, 0.2) is 0 Å². The van der Waals surface area contributed by atoms with E-state index in [-0.39, 0.29) is 11.8 Å². The minimum Gasteiger partial charge on any atom is -0.391 e. The zero-order valence-corrected chi connectivity index (χ0v) is 7.66. The molecule has 0 amide bonds. The molecule has 11 heavy (non-hydrogen) atoms. The van der Waals surface area contributed by atoms with Crippen molar-refractivity contribution in [2.45, 2.75) is 32.4 Å². The topological polar surface area (TPSA) is 40.5 Å². The normalized spacial score (nSPS) is 16.5. The van der Waals surface area contributed by atoms with Gasteiger partial charge in [-0.05, 0) is 21.0 Å². The summed E-state index contributed by atoms with van der Waals surface area (Å²) in [6, 6.07) is -0.347. The van der Waals surface area contributed by atoms with E-state index >= 15 is 0 Å². The minimum absolute atomic E-state index is 0.0880. The van der Waals surface area contributed by atoms with E-state index in [4.69, 9.17) is 0 Å². The number of hydrogen-bond donors (Lipinski definition) is 1. The van der Waals surface area contributed by atoms with E-state index in [0.717, 1.165) is 0 Å². The number of ketones is 1. The molecule has 0 aliphatic rings. The minimum atomic E-state index is -0.586. The molecule has 0 radical (unpaired) electrons. The average molecular weight is 159 g/mol. The summed E-state index contributed by atoms with van der Waals surface area (Å²) in [5.74, 6) is 0.0880. The Labute approximate surface area is 68.0 Å². The van der Waals surface area contributed by atoms with Crippen LogP contribution in [0.25, 0.3) is 0 Å². The average Bonchev–Trinajstić information content (AvgIpc) is 1.85. The van der Waals surface area contributed by atoms with Crippen molar-refractivity contribution in [2.75, 3.05) is 14.1 Å². The van der Waals surface area contributed by atoms with Crippen LogP contribution >= 0.6 is 0 Å². The fourth-order valence-corrected chi connectivity index (χ4v) is 1.20. The SMILES string of the molecule is CCC(=O)C(C(C)O)N(C)C. The highest BCUT2D eigenvalue weighted by atomic mass is 16.3. The van der Waals surface area contributed by atoms with E-state index in [9.17, 15) is 9.90 Å². The first-order valence-electron chi connectivity index (χ1n) is 3.87. The van der Waals surface area contributed by atoms with Crippen LogP contribution in [-0.4, -0.2) is 42.0 Å². The second-order valence-corrected chi connectivity index (χ2v) is 2.97. The first-order chi connectivity index (χ1) is 5.00. The number of rotatable bonds is 4. The molecule has 0 aromatic rings. The van der Waals surface area contributed by atoms with Crippen LogP contribution in [0.3, 0.4) is 0 Å². The van der Waals surface area contributed by atoms with Crippen LogP contribution < -0.4 is 0 Å². The number of likely N-dealkylation sites (N-methyl/N-ethyl adjacent to an activating group) is 1. The third-order valence-electron chi connectivity index (χ3n) is 1.69. The van der Waals surface area contributed by atoms with Crippen LogP contribution in [-0.2, 0) is 4.79 Å². The number of aliphatic hydroxyl groups is 1. The molecule has 3 nitrogen and oxygen atoms in total. The Morgan fingerprint density at radius 1 is 1.55 bits per heavy atom. The Morgan fingerprint density at radius 2 is 2.00 bits per heavy atom. The molecule has 0 spiro atoms. The van der Waals surface area contributed by atoms with Crippen molar-refractivity contribution in [2.24, 2.45) is 0 Å². The number of hydrogen-bond acceptors (Lipinski definition) is 3. The van der Waals surface area contributed by atoms with Crippen LogP contribution in [0, 0.1) is 0 Å². The molecule has 0 saturated heterocycles. The van der Waals surface area contributed by atoms with Gasteiger partial charge in [-0.3, -0.25) is 9.69 Å². The van der Waals surface area contributed by atoms with E-state index in [1.165, 1.54) is 0 Å². The van der Waals surface area contributed by atoms with Crippen molar-refractivity contribution in [3.63, 3.8) is 0 Å². The molecule has 0 heterocycles. The van der Waals surface area contributed by atoms with Gasteiger partial charge in [0, 0.05) is 6.42 Å². The quantitative estimate of drug-likeness (QED) is 0.640. The molecule has 2 atom stereocenters. The summed E-state index contributed by atoms with van der Waals surface area (Å²) in [6.07, 6.45) is -0.106. The molecule has 0 aliphatic carbocycles. The Balaban J connectivity index is 4.22. The van der Waals surface area contributed by atoms with Gasteiger partial charge in [0.25, 0.3) is 0 Å². The van der Waals surface area contributed by atoms with E-state index in [1.54, 1.807) is 32.8 Å². The second-order valence-electron chi connectivity index (χ2n) is 2.97. The van der Waals surface area contributed by atoms with Crippen molar-refractivity contribution in [3.05, 3.63) is 0 Å². The number of aliphatic hydroxyl groups excluding tert-OH is 1. The van der Waals surface area contributed by atoms with Crippen molar-refractivity contribution in [3.8, 4) is 0 Å². The Bertz CT molecular complexity index is 124. The van der Waals surface area contributed by atoms with Gasteiger partial charge in [-0.15, -0.1) is 0 Å². The molecule has 1 N–H and O–H groups in total. The lowest BCUT2D eigenvalue weighted by Gasteiger charge is -2.24. The molecule has 0 rings (SSSR count). The summed E-state index contributed by atoms with van der Waals surface area (Å²) in [6.45, 7) is 3.44. The predicted octanol–water partition coefficient (Wildman–Crippen LogP) is 0.277. The molecular weight excluding hydrogens is 142 g/mol. The van der Waals surface area contributed by atoms with E-state index < -0.39 is 6.10 Å². The summed E-state index contributed by atoms with van der Waals surface area (Å²) < 4.78 is 0. The van der Waals surface area contributed by atoms with Gasteiger partial charge >= 0.3 is 0 Å². The third kappa shape index (κ3) is 2.99. The van der Waals surface area contributed by atoms with Gasteiger partial charge in [-0.2, -0.15) is 0 Å². The molecule has 0 aromatic heterocycles. The van der Waals surface area contributed by atoms with Crippen molar-refractivity contribution < 1.29 is 9.90 Å². The molecular formula is C8H17NO2. The Kier molecular flexibility index (Phi) is 4.30. The lowest BCUT2D eigenvalue weighted by molar-refractivity contribution is -0.126. The monoisotopic (exact) mass is 159 g/mol. The van der Waals surface area contributed by atoms with Crippen molar-refractivity contribution in [1.82, 2.24) is 4.90 Å². The maximum absolute atomic E-state index is 11.2. The molecule has 3 heteroatoms. The number of carbonyl (C=O) groups is 1. The molecule has 2 unspecified atom stereocenters. The highest BCUT2D eigenvalue weighted by Gasteiger charge is 2.23. The van der Waals surface area contributed by atoms with E-state index in [0.29, 0.717) is 6.42 Å². The molecule has 0 fully saturated rings. The zero-order chi connectivity index (χ0) is 9.02. The van der Waals surface area contributed by atoms with Gasteiger partial charge in [-0.25, -0.2) is 0 Å². The highest BCUT2D eigenvalue weighted by Crippen LogP contribution is 2.03.